The van der Waals surface area contributed by atoms with Crippen molar-refractivity contribution < 1.29 is 4.74 Å². The Labute approximate surface area is 150 Å². The molecule has 130 valence electrons. The first kappa shape index (κ1) is 17.2. The molecule has 3 aromatic rings. The van der Waals surface area contributed by atoms with Crippen molar-refractivity contribution in [1.29, 1.82) is 0 Å². The van der Waals surface area contributed by atoms with Crippen LogP contribution in [0, 0.1) is 20.8 Å². The van der Waals surface area contributed by atoms with Crippen LogP contribution in [-0.4, -0.2) is 16.7 Å². The molecule has 0 amide bonds. The number of hydrogen-bond acceptors (Lipinski definition) is 5. The van der Waals surface area contributed by atoms with E-state index in [1.165, 1.54) is 18.2 Å². The summed E-state index contributed by atoms with van der Waals surface area (Å²) in [5, 5.41) is 7.42. The Balaban J connectivity index is 2.03. The van der Waals surface area contributed by atoms with E-state index < -0.39 is 0 Å². The second-order valence-electron chi connectivity index (χ2n) is 6.07. The molecule has 0 unspecified atom stereocenters. The summed E-state index contributed by atoms with van der Waals surface area (Å²) < 4.78 is 7.05. The predicted octanol–water partition coefficient (Wildman–Crippen LogP) is 4.03. The van der Waals surface area contributed by atoms with Gasteiger partial charge in [0, 0.05) is 5.69 Å². The summed E-state index contributed by atoms with van der Waals surface area (Å²) in [5.41, 5.74) is 5.25. The first-order valence-corrected chi connectivity index (χ1v) is 8.93. The number of aryl methyl sites for hydroxylation is 3. The van der Waals surface area contributed by atoms with Crippen molar-refractivity contribution in [2.45, 2.75) is 27.3 Å². The molecule has 3 rings (SSSR count). The van der Waals surface area contributed by atoms with Crippen LogP contribution in [0.1, 0.15) is 22.3 Å². The number of anilines is 2. The summed E-state index contributed by atoms with van der Waals surface area (Å²) in [7, 11) is 1.48. The van der Waals surface area contributed by atoms with E-state index in [4.69, 9.17) is 4.74 Å². The Morgan fingerprint density at radius 2 is 1.96 bits per heavy atom. The zero-order valence-electron chi connectivity index (χ0n) is 14.8. The van der Waals surface area contributed by atoms with Gasteiger partial charge in [0.25, 0.3) is 0 Å². The molecule has 0 fully saturated rings. The highest BCUT2D eigenvalue weighted by molar-refractivity contribution is 7.07. The smallest absolute Gasteiger partial charge is 0.316 e. The molecule has 0 bridgehead atoms. The summed E-state index contributed by atoms with van der Waals surface area (Å²) in [4.78, 5) is 16.3. The third kappa shape index (κ3) is 3.74. The quantitative estimate of drug-likeness (QED) is 0.751. The van der Waals surface area contributed by atoms with E-state index in [2.05, 4.69) is 47.7 Å². The van der Waals surface area contributed by atoms with Crippen molar-refractivity contribution in [3.63, 3.8) is 0 Å². The Morgan fingerprint density at radius 1 is 1.20 bits per heavy atom. The Bertz CT molecular complexity index is 946. The molecule has 0 aliphatic heterocycles. The molecule has 0 aliphatic carbocycles. The van der Waals surface area contributed by atoms with Gasteiger partial charge in [0.1, 0.15) is 0 Å². The van der Waals surface area contributed by atoms with Crippen LogP contribution >= 0.6 is 11.3 Å². The van der Waals surface area contributed by atoms with Crippen LogP contribution < -0.4 is 15.6 Å². The van der Waals surface area contributed by atoms with Crippen LogP contribution in [0.3, 0.4) is 0 Å². The van der Waals surface area contributed by atoms with Crippen LogP contribution in [0.25, 0.3) is 0 Å². The molecule has 2 aromatic heterocycles. The number of aromatic nitrogens is 2. The zero-order valence-corrected chi connectivity index (χ0v) is 15.6. The molecule has 0 aliphatic rings. The molecular formula is C19H21N3O2S. The molecule has 0 saturated carbocycles. The Hall–Kier alpha value is -2.60. The van der Waals surface area contributed by atoms with Gasteiger partial charge in [0.05, 0.1) is 19.9 Å². The largest absolute Gasteiger partial charge is 0.490 e. The normalized spacial score (nSPS) is 10.7. The van der Waals surface area contributed by atoms with E-state index in [0.717, 1.165) is 16.8 Å². The minimum atomic E-state index is -0.381. The van der Waals surface area contributed by atoms with E-state index in [-0.39, 0.29) is 11.3 Å². The monoisotopic (exact) mass is 355 g/mol. The highest BCUT2D eigenvalue weighted by Crippen LogP contribution is 2.24. The number of rotatable bonds is 5. The second kappa shape index (κ2) is 7.11. The molecule has 0 atom stereocenters. The average Bonchev–Trinajstić information content (AvgIpc) is 3.08. The summed E-state index contributed by atoms with van der Waals surface area (Å²) in [6, 6.07) is 6.26. The van der Waals surface area contributed by atoms with Crippen molar-refractivity contribution in [3.8, 4) is 5.75 Å². The molecule has 0 saturated heterocycles. The van der Waals surface area contributed by atoms with Crippen LogP contribution in [-0.2, 0) is 6.54 Å². The second-order valence-corrected chi connectivity index (χ2v) is 6.85. The van der Waals surface area contributed by atoms with Crippen LogP contribution in [0.5, 0.6) is 5.75 Å². The van der Waals surface area contributed by atoms with Gasteiger partial charge in [-0.05, 0) is 65.9 Å². The lowest BCUT2D eigenvalue weighted by molar-refractivity contribution is 0.402. The molecule has 25 heavy (non-hydrogen) atoms. The van der Waals surface area contributed by atoms with Gasteiger partial charge >= 0.3 is 5.56 Å². The highest BCUT2D eigenvalue weighted by atomic mass is 32.1. The van der Waals surface area contributed by atoms with Gasteiger partial charge in [-0.2, -0.15) is 16.3 Å². The van der Waals surface area contributed by atoms with Gasteiger partial charge < -0.3 is 14.6 Å². The number of hydrogen-bond donors (Lipinski definition) is 1. The van der Waals surface area contributed by atoms with Gasteiger partial charge in [-0.25, -0.2) is 0 Å². The predicted molar refractivity (Wildman–Crippen MR) is 102 cm³/mol. The molecule has 5 nitrogen and oxygen atoms in total. The molecule has 1 N–H and O–H groups in total. The fourth-order valence-electron chi connectivity index (χ4n) is 2.63. The van der Waals surface area contributed by atoms with Crippen molar-refractivity contribution in [2.24, 2.45) is 0 Å². The topological polar surface area (TPSA) is 56.1 Å². The maximum atomic E-state index is 12.1. The first-order valence-electron chi connectivity index (χ1n) is 7.99. The van der Waals surface area contributed by atoms with Gasteiger partial charge in [0.2, 0.25) is 11.7 Å². The third-order valence-corrected chi connectivity index (χ3v) is 4.94. The molecule has 0 radical (unpaired) electrons. The third-order valence-electron chi connectivity index (χ3n) is 4.20. The maximum Gasteiger partial charge on any atom is 0.316 e. The fourth-order valence-corrected chi connectivity index (χ4v) is 3.29. The standard InChI is InChI=1S/C19H21N3O2S/c1-12-7-14(3)16(8-13(12)2)20-19-21-18(23)17(24-4)10-22(19)9-15-5-6-25-11-15/h5-8,10-11H,9H2,1-4H3,(H,20,21,23). The molecule has 0 spiro atoms. The van der Waals surface area contributed by atoms with Crippen molar-refractivity contribution in [2.75, 3.05) is 12.4 Å². The lowest BCUT2D eigenvalue weighted by Gasteiger charge is -2.17. The highest BCUT2D eigenvalue weighted by Gasteiger charge is 2.12. The first-order chi connectivity index (χ1) is 12.0. The summed E-state index contributed by atoms with van der Waals surface area (Å²) in [5.74, 6) is 0.737. The molecule has 6 heteroatoms. The Kier molecular flexibility index (Phi) is 4.90. The van der Waals surface area contributed by atoms with Crippen molar-refractivity contribution in [3.05, 3.63) is 67.8 Å². The Morgan fingerprint density at radius 3 is 2.64 bits per heavy atom. The minimum Gasteiger partial charge on any atom is -0.490 e. The maximum absolute atomic E-state index is 12.1. The van der Waals surface area contributed by atoms with Crippen LogP contribution in [0.15, 0.2) is 40.0 Å². The van der Waals surface area contributed by atoms with E-state index >= 15 is 0 Å². The fraction of sp³-hybridized carbons (Fsp3) is 0.263. The lowest BCUT2D eigenvalue weighted by Crippen LogP contribution is -2.18. The van der Waals surface area contributed by atoms with E-state index in [0.29, 0.717) is 12.5 Å². The zero-order chi connectivity index (χ0) is 18.0. The molecule has 2 heterocycles. The number of ether oxygens (including phenoxy) is 1. The van der Waals surface area contributed by atoms with Crippen molar-refractivity contribution in [1.82, 2.24) is 9.55 Å². The SMILES string of the molecule is COc1cn(Cc2ccsc2)c(Nc2cc(C)c(C)cc2C)nc1=O. The molecular weight excluding hydrogens is 334 g/mol. The van der Waals surface area contributed by atoms with E-state index in [1.807, 2.05) is 16.9 Å². The van der Waals surface area contributed by atoms with Crippen LogP contribution in [0.2, 0.25) is 0 Å². The van der Waals surface area contributed by atoms with Crippen LogP contribution in [0.4, 0.5) is 11.6 Å². The van der Waals surface area contributed by atoms with Crippen molar-refractivity contribution >= 4 is 23.0 Å². The number of thiophene rings is 1. The summed E-state index contributed by atoms with van der Waals surface area (Å²) in [6.07, 6.45) is 1.70. The number of nitrogens with one attached hydrogen (secondary N) is 1. The summed E-state index contributed by atoms with van der Waals surface area (Å²) in [6.45, 7) is 6.81. The lowest BCUT2D eigenvalue weighted by atomic mass is 10.1. The van der Waals surface area contributed by atoms with Gasteiger partial charge in [-0.1, -0.05) is 6.07 Å². The minimum absolute atomic E-state index is 0.234. The number of nitrogens with zero attached hydrogens (tertiary/aromatic N) is 2. The number of methoxy groups -OCH3 is 1. The van der Waals surface area contributed by atoms with Gasteiger partial charge in [-0.15, -0.1) is 0 Å². The molecule has 1 aromatic carbocycles. The van der Waals surface area contributed by atoms with Gasteiger partial charge in [0.15, 0.2) is 0 Å². The summed E-state index contributed by atoms with van der Waals surface area (Å²) >= 11 is 1.64. The van der Waals surface area contributed by atoms with E-state index in [9.17, 15) is 4.79 Å². The average molecular weight is 355 g/mol. The number of benzene rings is 1. The van der Waals surface area contributed by atoms with E-state index in [1.54, 1.807) is 17.5 Å². The van der Waals surface area contributed by atoms with Gasteiger partial charge in [-0.3, -0.25) is 4.79 Å².